The topological polar surface area (TPSA) is 21.3 Å². The van der Waals surface area contributed by atoms with Crippen LogP contribution < -0.4 is 5.32 Å². The second-order valence-corrected chi connectivity index (χ2v) is 4.88. The summed E-state index contributed by atoms with van der Waals surface area (Å²) in [4.78, 5) is 0. The van der Waals surface area contributed by atoms with Crippen LogP contribution in [0, 0.1) is 0 Å². The molecule has 0 fully saturated rings. The third kappa shape index (κ3) is 5.65. The summed E-state index contributed by atoms with van der Waals surface area (Å²) in [7, 11) is 1.74. The SMILES string of the molecule is CCCCC(CC)NCc1cccc(COC)c1. The Morgan fingerprint density at radius 3 is 2.67 bits per heavy atom. The summed E-state index contributed by atoms with van der Waals surface area (Å²) in [6.45, 7) is 6.16. The first-order valence-corrected chi connectivity index (χ1v) is 7.10. The first kappa shape index (κ1) is 15.2. The maximum atomic E-state index is 5.16. The first-order valence-electron chi connectivity index (χ1n) is 7.10. The number of rotatable bonds is 9. The highest BCUT2D eigenvalue weighted by Crippen LogP contribution is 2.09. The predicted octanol–water partition coefficient (Wildman–Crippen LogP) is 3.89. The molecule has 0 aliphatic carbocycles. The van der Waals surface area contributed by atoms with Crippen LogP contribution in [0.2, 0.25) is 0 Å². The summed E-state index contributed by atoms with van der Waals surface area (Å²) in [5, 5.41) is 3.65. The van der Waals surface area contributed by atoms with E-state index in [2.05, 4.69) is 43.4 Å². The van der Waals surface area contributed by atoms with Crippen molar-refractivity contribution >= 4 is 0 Å². The predicted molar refractivity (Wildman–Crippen MR) is 77.6 cm³/mol. The van der Waals surface area contributed by atoms with Crippen LogP contribution in [-0.4, -0.2) is 13.2 Å². The molecule has 0 bridgehead atoms. The lowest BCUT2D eigenvalue weighted by molar-refractivity contribution is 0.185. The highest BCUT2D eigenvalue weighted by Gasteiger charge is 2.05. The van der Waals surface area contributed by atoms with E-state index in [1.54, 1.807) is 7.11 Å². The molecule has 2 heteroatoms. The monoisotopic (exact) mass is 249 g/mol. The molecule has 1 aromatic carbocycles. The molecule has 0 amide bonds. The fourth-order valence-electron chi connectivity index (χ4n) is 2.16. The van der Waals surface area contributed by atoms with Crippen molar-refractivity contribution in [2.75, 3.05) is 7.11 Å². The number of hydrogen-bond donors (Lipinski definition) is 1. The average molecular weight is 249 g/mol. The standard InChI is InChI=1S/C16H27NO/c1-4-6-10-16(5-2)17-12-14-8-7-9-15(11-14)13-18-3/h7-9,11,16-17H,4-6,10,12-13H2,1-3H3. The van der Waals surface area contributed by atoms with Gasteiger partial charge in [0.1, 0.15) is 0 Å². The Bertz CT molecular complexity index is 325. The highest BCUT2D eigenvalue weighted by atomic mass is 16.5. The molecule has 1 atom stereocenters. The number of benzene rings is 1. The number of nitrogens with one attached hydrogen (secondary N) is 1. The lowest BCUT2D eigenvalue weighted by Crippen LogP contribution is -2.27. The minimum absolute atomic E-state index is 0.649. The maximum Gasteiger partial charge on any atom is 0.0713 e. The Morgan fingerprint density at radius 1 is 1.22 bits per heavy atom. The molecular formula is C16H27NO. The Morgan fingerprint density at radius 2 is 2.00 bits per heavy atom. The summed E-state index contributed by atoms with van der Waals surface area (Å²) >= 11 is 0. The van der Waals surface area contributed by atoms with Gasteiger partial charge in [-0.3, -0.25) is 0 Å². The van der Waals surface area contributed by atoms with E-state index in [4.69, 9.17) is 4.74 Å². The molecule has 1 aromatic rings. The van der Waals surface area contributed by atoms with Gasteiger partial charge in [-0.1, -0.05) is 51.0 Å². The molecule has 0 aliphatic rings. The van der Waals surface area contributed by atoms with Crippen LogP contribution in [-0.2, 0) is 17.9 Å². The van der Waals surface area contributed by atoms with E-state index in [-0.39, 0.29) is 0 Å². The largest absolute Gasteiger partial charge is 0.380 e. The molecule has 0 radical (unpaired) electrons. The lowest BCUT2D eigenvalue weighted by atomic mass is 10.1. The number of hydrogen-bond acceptors (Lipinski definition) is 2. The lowest BCUT2D eigenvalue weighted by Gasteiger charge is -2.16. The van der Waals surface area contributed by atoms with Crippen molar-refractivity contribution in [3.63, 3.8) is 0 Å². The first-order chi connectivity index (χ1) is 8.80. The molecule has 1 rings (SSSR count). The Balaban J connectivity index is 2.43. The summed E-state index contributed by atoms with van der Waals surface area (Å²) < 4.78 is 5.16. The van der Waals surface area contributed by atoms with Gasteiger partial charge < -0.3 is 10.1 Å². The molecule has 0 aromatic heterocycles. The third-order valence-corrected chi connectivity index (χ3v) is 3.30. The molecule has 0 aliphatic heterocycles. The van der Waals surface area contributed by atoms with Gasteiger partial charge in [0, 0.05) is 19.7 Å². The average Bonchev–Trinajstić information content (AvgIpc) is 2.40. The van der Waals surface area contributed by atoms with Crippen molar-refractivity contribution in [3.8, 4) is 0 Å². The summed E-state index contributed by atoms with van der Waals surface area (Å²) in [5.74, 6) is 0. The van der Waals surface area contributed by atoms with E-state index < -0.39 is 0 Å². The van der Waals surface area contributed by atoms with E-state index in [0.717, 1.165) is 6.54 Å². The second kappa shape index (κ2) is 9.12. The molecule has 2 nitrogen and oxygen atoms in total. The fourth-order valence-corrected chi connectivity index (χ4v) is 2.16. The molecule has 1 N–H and O–H groups in total. The molecule has 0 spiro atoms. The van der Waals surface area contributed by atoms with Crippen LogP contribution in [0.5, 0.6) is 0 Å². The van der Waals surface area contributed by atoms with Gasteiger partial charge in [0.15, 0.2) is 0 Å². The van der Waals surface area contributed by atoms with Crippen LogP contribution in [0.25, 0.3) is 0 Å². The highest BCUT2D eigenvalue weighted by molar-refractivity contribution is 5.22. The van der Waals surface area contributed by atoms with Gasteiger partial charge in [-0.25, -0.2) is 0 Å². The normalized spacial score (nSPS) is 12.6. The van der Waals surface area contributed by atoms with Crippen LogP contribution in [0.3, 0.4) is 0 Å². The second-order valence-electron chi connectivity index (χ2n) is 4.88. The van der Waals surface area contributed by atoms with Gasteiger partial charge in [-0.2, -0.15) is 0 Å². The third-order valence-electron chi connectivity index (χ3n) is 3.30. The quantitative estimate of drug-likeness (QED) is 0.717. The number of ether oxygens (including phenoxy) is 1. The van der Waals surface area contributed by atoms with E-state index in [9.17, 15) is 0 Å². The minimum atomic E-state index is 0.649. The summed E-state index contributed by atoms with van der Waals surface area (Å²) in [6, 6.07) is 9.28. The van der Waals surface area contributed by atoms with Crippen molar-refractivity contribution in [2.45, 2.75) is 58.7 Å². The molecule has 0 saturated heterocycles. The van der Waals surface area contributed by atoms with E-state index in [0.29, 0.717) is 12.6 Å². The van der Waals surface area contributed by atoms with E-state index >= 15 is 0 Å². The molecule has 0 heterocycles. The molecule has 102 valence electrons. The molecule has 1 unspecified atom stereocenters. The van der Waals surface area contributed by atoms with Gasteiger partial charge >= 0.3 is 0 Å². The van der Waals surface area contributed by atoms with Crippen molar-refractivity contribution in [1.82, 2.24) is 5.32 Å². The Hall–Kier alpha value is -0.860. The summed E-state index contributed by atoms with van der Waals surface area (Å²) in [5.41, 5.74) is 2.60. The van der Waals surface area contributed by atoms with Gasteiger partial charge in [-0.05, 0) is 24.0 Å². The number of unbranched alkanes of at least 4 members (excludes halogenated alkanes) is 1. The summed E-state index contributed by atoms with van der Waals surface area (Å²) in [6.07, 6.45) is 5.08. The van der Waals surface area contributed by atoms with Crippen LogP contribution >= 0.6 is 0 Å². The van der Waals surface area contributed by atoms with Gasteiger partial charge in [0.2, 0.25) is 0 Å². The van der Waals surface area contributed by atoms with Crippen molar-refractivity contribution in [2.24, 2.45) is 0 Å². The smallest absolute Gasteiger partial charge is 0.0713 e. The zero-order valence-electron chi connectivity index (χ0n) is 12.0. The van der Waals surface area contributed by atoms with E-state index in [1.807, 2.05) is 0 Å². The maximum absolute atomic E-state index is 5.16. The van der Waals surface area contributed by atoms with Crippen molar-refractivity contribution in [1.29, 1.82) is 0 Å². The Labute approximate surface area is 112 Å². The number of methoxy groups -OCH3 is 1. The molecule has 18 heavy (non-hydrogen) atoms. The van der Waals surface area contributed by atoms with Crippen LogP contribution in [0.4, 0.5) is 0 Å². The van der Waals surface area contributed by atoms with E-state index in [1.165, 1.54) is 36.8 Å². The zero-order valence-corrected chi connectivity index (χ0v) is 12.0. The van der Waals surface area contributed by atoms with Gasteiger partial charge in [-0.15, -0.1) is 0 Å². The zero-order chi connectivity index (χ0) is 13.2. The van der Waals surface area contributed by atoms with Gasteiger partial charge in [0.05, 0.1) is 6.61 Å². The van der Waals surface area contributed by atoms with Crippen molar-refractivity contribution in [3.05, 3.63) is 35.4 Å². The molecule has 0 saturated carbocycles. The van der Waals surface area contributed by atoms with Crippen molar-refractivity contribution < 1.29 is 4.74 Å². The fraction of sp³-hybridized carbons (Fsp3) is 0.625. The van der Waals surface area contributed by atoms with Crippen LogP contribution in [0.15, 0.2) is 24.3 Å². The Kier molecular flexibility index (Phi) is 7.70. The van der Waals surface area contributed by atoms with Gasteiger partial charge in [0.25, 0.3) is 0 Å². The van der Waals surface area contributed by atoms with Crippen LogP contribution in [0.1, 0.15) is 50.7 Å². The molecular weight excluding hydrogens is 222 g/mol. The minimum Gasteiger partial charge on any atom is -0.380 e.